The van der Waals surface area contributed by atoms with Crippen molar-refractivity contribution in [3.05, 3.63) is 29.3 Å². The summed E-state index contributed by atoms with van der Waals surface area (Å²) in [5, 5.41) is 5.30. The van der Waals surface area contributed by atoms with Gasteiger partial charge in [0.15, 0.2) is 0 Å². The Morgan fingerprint density at radius 2 is 1.70 bits per heavy atom. The maximum atomic E-state index is 14.3. The van der Waals surface area contributed by atoms with Gasteiger partial charge in [0.2, 0.25) is 11.8 Å². The van der Waals surface area contributed by atoms with Gasteiger partial charge in [-0.15, -0.1) is 0 Å². The summed E-state index contributed by atoms with van der Waals surface area (Å²) in [6, 6.07) is 2.23. The fourth-order valence-electron chi connectivity index (χ4n) is 3.04. The van der Waals surface area contributed by atoms with Crippen LogP contribution in [0.15, 0.2) is 12.1 Å². The number of hydrogen-bond donors (Lipinski definition) is 2. The molecule has 2 saturated heterocycles. The van der Waals surface area contributed by atoms with Gasteiger partial charge in [-0.2, -0.15) is 0 Å². The molecule has 5 nitrogen and oxygen atoms in total. The minimum Gasteiger partial charge on any atom is -0.490 e. The lowest BCUT2D eigenvalue weighted by Crippen LogP contribution is -2.40. The van der Waals surface area contributed by atoms with Crippen LogP contribution in [-0.2, 0) is 9.59 Å². The van der Waals surface area contributed by atoms with Crippen LogP contribution in [-0.4, -0.2) is 31.0 Å². The quantitative estimate of drug-likeness (QED) is 0.829. The highest BCUT2D eigenvalue weighted by Crippen LogP contribution is 2.32. The summed E-state index contributed by atoms with van der Waals surface area (Å²) >= 11 is 0. The van der Waals surface area contributed by atoms with Crippen molar-refractivity contribution in [3.8, 4) is 5.75 Å². The molecule has 2 amide bonds. The number of rotatable bonds is 3. The third-order valence-electron chi connectivity index (χ3n) is 4.23. The van der Waals surface area contributed by atoms with Gasteiger partial charge >= 0.3 is 0 Å². The van der Waals surface area contributed by atoms with Gasteiger partial charge in [0.1, 0.15) is 23.5 Å². The van der Waals surface area contributed by atoms with Crippen molar-refractivity contribution >= 4 is 11.8 Å². The zero-order chi connectivity index (χ0) is 16.4. The highest BCUT2D eigenvalue weighted by Gasteiger charge is 2.32. The van der Waals surface area contributed by atoms with Crippen LogP contribution in [0.5, 0.6) is 5.75 Å². The Balaban J connectivity index is 1.80. The standard InChI is InChI=1S/C16H18F2N2O3/c17-12-7-10(23-9-3-5-19-6-4-9)8-13(18)15(12)11-1-2-14(21)20-16(11)22/h7-9,11,19H,1-6H2,(H,20,21,22)/t11-/m1/s1. The number of carbonyl (C=O) groups excluding carboxylic acids is 2. The second kappa shape index (κ2) is 6.62. The highest BCUT2D eigenvalue weighted by molar-refractivity contribution is 6.00. The van der Waals surface area contributed by atoms with Crippen molar-refractivity contribution in [2.75, 3.05) is 13.1 Å². The molecule has 124 valence electrons. The summed E-state index contributed by atoms with van der Waals surface area (Å²) in [6.45, 7) is 1.62. The lowest BCUT2D eigenvalue weighted by Gasteiger charge is -2.25. The normalized spacial score (nSPS) is 22.8. The average Bonchev–Trinajstić information content (AvgIpc) is 2.50. The molecule has 1 atom stereocenters. The van der Waals surface area contributed by atoms with E-state index in [2.05, 4.69) is 10.6 Å². The SMILES string of the molecule is O=C1CC[C@H](c2c(F)cc(OC3CCNCC3)cc2F)C(=O)N1. The minimum atomic E-state index is -0.986. The molecule has 1 aromatic carbocycles. The Morgan fingerprint density at radius 3 is 2.30 bits per heavy atom. The van der Waals surface area contributed by atoms with Gasteiger partial charge in [0.25, 0.3) is 0 Å². The average molecular weight is 324 g/mol. The molecule has 23 heavy (non-hydrogen) atoms. The maximum Gasteiger partial charge on any atom is 0.234 e. The predicted octanol–water partition coefficient (Wildman–Crippen LogP) is 1.62. The van der Waals surface area contributed by atoms with Crippen LogP contribution in [0, 0.1) is 11.6 Å². The molecule has 2 fully saturated rings. The zero-order valence-corrected chi connectivity index (χ0v) is 12.5. The molecule has 3 rings (SSSR count). The monoisotopic (exact) mass is 324 g/mol. The molecule has 2 aliphatic heterocycles. The van der Waals surface area contributed by atoms with E-state index in [1.165, 1.54) is 0 Å². The van der Waals surface area contributed by atoms with Crippen LogP contribution >= 0.6 is 0 Å². The number of carbonyl (C=O) groups is 2. The first kappa shape index (κ1) is 15.9. The number of nitrogens with one attached hydrogen (secondary N) is 2. The second-order valence-corrected chi connectivity index (χ2v) is 5.87. The molecule has 0 saturated carbocycles. The van der Waals surface area contributed by atoms with E-state index in [9.17, 15) is 18.4 Å². The van der Waals surface area contributed by atoms with Gasteiger partial charge in [-0.05, 0) is 32.4 Å². The molecule has 0 unspecified atom stereocenters. The van der Waals surface area contributed by atoms with E-state index < -0.39 is 29.4 Å². The smallest absolute Gasteiger partial charge is 0.234 e. The van der Waals surface area contributed by atoms with E-state index in [0.29, 0.717) is 0 Å². The van der Waals surface area contributed by atoms with Crippen molar-refractivity contribution in [2.45, 2.75) is 37.7 Å². The van der Waals surface area contributed by atoms with Gasteiger partial charge < -0.3 is 10.1 Å². The maximum absolute atomic E-state index is 14.3. The fraction of sp³-hybridized carbons (Fsp3) is 0.500. The number of imide groups is 1. The molecule has 0 aromatic heterocycles. The first-order valence-corrected chi connectivity index (χ1v) is 7.74. The van der Waals surface area contributed by atoms with Gasteiger partial charge in [0.05, 0.1) is 5.92 Å². The van der Waals surface area contributed by atoms with Gasteiger partial charge in [-0.1, -0.05) is 0 Å². The molecular formula is C16H18F2N2O3. The molecule has 0 aliphatic carbocycles. The van der Waals surface area contributed by atoms with E-state index in [0.717, 1.165) is 38.1 Å². The molecule has 2 N–H and O–H groups in total. The molecular weight excluding hydrogens is 306 g/mol. The molecule has 2 heterocycles. The first-order chi connectivity index (χ1) is 11.0. The lowest BCUT2D eigenvalue weighted by atomic mass is 9.89. The molecule has 0 spiro atoms. The van der Waals surface area contributed by atoms with Gasteiger partial charge in [-0.3, -0.25) is 14.9 Å². The lowest BCUT2D eigenvalue weighted by molar-refractivity contribution is -0.134. The Morgan fingerprint density at radius 1 is 1.04 bits per heavy atom. The van der Waals surface area contributed by atoms with E-state index in [1.54, 1.807) is 0 Å². The number of halogens is 2. The molecule has 0 radical (unpaired) electrons. The second-order valence-electron chi connectivity index (χ2n) is 5.87. The summed E-state index contributed by atoms with van der Waals surface area (Å²) in [5.41, 5.74) is -0.298. The van der Waals surface area contributed by atoms with Crippen LogP contribution in [0.4, 0.5) is 8.78 Å². The Hall–Kier alpha value is -2.02. The third kappa shape index (κ3) is 3.50. The Bertz CT molecular complexity index is 607. The van der Waals surface area contributed by atoms with E-state index in [-0.39, 0.29) is 30.3 Å². The summed E-state index contributed by atoms with van der Waals surface area (Å²) in [4.78, 5) is 23.0. The topological polar surface area (TPSA) is 67.4 Å². The summed E-state index contributed by atoms with van der Waals surface area (Å²) < 4.78 is 34.3. The molecule has 7 heteroatoms. The van der Waals surface area contributed by atoms with Crippen molar-refractivity contribution in [1.29, 1.82) is 0 Å². The Kier molecular flexibility index (Phi) is 4.56. The largest absolute Gasteiger partial charge is 0.490 e. The summed E-state index contributed by atoms with van der Waals surface area (Å²) in [5.74, 6) is -3.57. The summed E-state index contributed by atoms with van der Waals surface area (Å²) in [7, 11) is 0. The van der Waals surface area contributed by atoms with Crippen LogP contribution in [0.3, 0.4) is 0 Å². The van der Waals surface area contributed by atoms with E-state index in [4.69, 9.17) is 4.74 Å². The molecule has 1 aromatic rings. The highest BCUT2D eigenvalue weighted by atomic mass is 19.1. The van der Waals surface area contributed by atoms with Gasteiger partial charge in [-0.25, -0.2) is 8.78 Å². The van der Waals surface area contributed by atoms with Crippen molar-refractivity contribution in [3.63, 3.8) is 0 Å². The number of amides is 2. The third-order valence-corrected chi connectivity index (χ3v) is 4.23. The van der Waals surface area contributed by atoms with E-state index >= 15 is 0 Å². The number of piperidine rings is 2. The van der Waals surface area contributed by atoms with Crippen LogP contribution < -0.4 is 15.4 Å². The van der Waals surface area contributed by atoms with Crippen LogP contribution in [0.2, 0.25) is 0 Å². The van der Waals surface area contributed by atoms with E-state index in [1.807, 2.05) is 0 Å². The van der Waals surface area contributed by atoms with Gasteiger partial charge in [0, 0.05) is 24.1 Å². The summed E-state index contributed by atoms with van der Waals surface area (Å²) in [6.07, 6.45) is 1.66. The molecule has 0 bridgehead atoms. The van der Waals surface area contributed by atoms with Crippen LogP contribution in [0.1, 0.15) is 37.2 Å². The Labute approximate surface area is 132 Å². The first-order valence-electron chi connectivity index (χ1n) is 7.74. The molecule has 2 aliphatic rings. The number of hydrogen-bond acceptors (Lipinski definition) is 4. The number of benzene rings is 1. The van der Waals surface area contributed by atoms with Crippen molar-refractivity contribution < 1.29 is 23.1 Å². The minimum absolute atomic E-state index is 0.0720. The van der Waals surface area contributed by atoms with Crippen molar-refractivity contribution in [1.82, 2.24) is 10.6 Å². The van der Waals surface area contributed by atoms with Crippen LogP contribution in [0.25, 0.3) is 0 Å². The zero-order valence-electron chi connectivity index (χ0n) is 12.5. The number of ether oxygens (including phenoxy) is 1. The fourth-order valence-corrected chi connectivity index (χ4v) is 3.04. The predicted molar refractivity (Wildman–Crippen MR) is 78.0 cm³/mol. The van der Waals surface area contributed by atoms with Crippen molar-refractivity contribution in [2.24, 2.45) is 0 Å².